The zero-order chi connectivity index (χ0) is 15.0. The number of nitrogens with one attached hydrogen (secondary N) is 1. The van der Waals surface area contributed by atoms with E-state index >= 15 is 0 Å². The maximum absolute atomic E-state index is 5.50. The van der Waals surface area contributed by atoms with Gasteiger partial charge in [-0.25, -0.2) is 0 Å². The van der Waals surface area contributed by atoms with Crippen molar-refractivity contribution in [3.8, 4) is 5.75 Å². The van der Waals surface area contributed by atoms with Crippen molar-refractivity contribution in [2.24, 2.45) is 5.92 Å². The van der Waals surface area contributed by atoms with Crippen molar-refractivity contribution >= 4 is 15.9 Å². The first-order chi connectivity index (χ1) is 9.62. The first kappa shape index (κ1) is 17.5. The standard InChI is InChI=1S/C17H28BrNO/c1-5-7-13(3)16(19-10-6-2)12-14-11-15(18)8-9-17(14)20-4/h8-9,11,13,16,19H,5-7,10,12H2,1-4H3. The highest BCUT2D eigenvalue weighted by Crippen LogP contribution is 2.26. The number of rotatable bonds is 9. The minimum absolute atomic E-state index is 0.512. The van der Waals surface area contributed by atoms with Crippen molar-refractivity contribution in [1.82, 2.24) is 5.32 Å². The molecule has 0 spiro atoms. The van der Waals surface area contributed by atoms with Gasteiger partial charge in [-0.05, 0) is 55.5 Å². The molecule has 0 aliphatic heterocycles. The lowest BCUT2D eigenvalue weighted by Gasteiger charge is -2.26. The summed E-state index contributed by atoms with van der Waals surface area (Å²) in [6, 6.07) is 6.77. The number of hydrogen-bond donors (Lipinski definition) is 1. The molecule has 1 rings (SSSR count). The van der Waals surface area contributed by atoms with Crippen LogP contribution in [0.25, 0.3) is 0 Å². The molecule has 1 N–H and O–H groups in total. The van der Waals surface area contributed by atoms with E-state index in [4.69, 9.17) is 4.74 Å². The summed E-state index contributed by atoms with van der Waals surface area (Å²) < 4.78 is 6.61. The van der Waals surface area contributed by atoms with Gasteiger partial charge in [0, 0.05) is 10.5 Å². The van der Waals surface area contributed by atoms with E-state index in [0.717, 1.165) is 23.2 Å². The third-order valence-electron chi connectivity index (χ3n) is 3.77. The summed E-state index contributed by atoms with van der Waals surface area (Å²) in [5, 5.41) is 3.70. The van der Waals surface area contributed by atoms with E-state index in [9.17, 15) is 0 Å². The van der Waals surface area contributed by atoms with Crippen LogP contribution >= 0.6 is 15.9 Å². The molecule has 114 valence electrons. The van der Waals surface area contributed by atoms with Gasteiger partial charge < -0.3 is 10.1 Å². The van der Waals surface area contributed by atoms with Gasteiger partial charge in [0.05, 0.1) is 7.11 Å². The lowest BCUT2D eigenvalue weighted by Crippen LogP contribution is -2.37. The van der Waals surface area contributed by atoms with Crippen LogP contribution < -0.4 is 10.1 Å². The van der Waals surface area contributed by atoms with E-state index in [1.165, 1.54) is 24.8 Å². The molecule has 0 aromatic heterocycles. The first-order valence-electron chi connectivity index (χ1n) is 7.68. The van der Waals surface area contributed by atoms with Gasteiger partial charge in [-0.2, -0.15) is 0 Å². The maximum Gasteiger partial charge on any atom is 0.122 e. The fraction of sp³-hybridized carbons (Fsp3) is 0.647. The van der Waals surface area contributed by atoms with Crippen LogP contribution in [0, 0.1) is 5.92 Å². The first-order valence-corrected chi connectivity index (χ1v) is 8.47. The predicted octanol–water partition coefficient (Wildman–Crippen LogP) is 4.80. The SMILES string of the molecule is CCCNC(Cc1cc(Br)ccc1OC)C(C)CCC. The van der Waals surface area contributed by atoms with Crippen molar-refractivity contribution in [1.29, 1.82) is 0 Å². The smallest absolute Gasteiger partial charge is 0.122 e. The molecule has 3 heteroatoms. The number of halogens is 1. The molecule has 2 unspecified atom stereocenters. The van der Waals surface area contributed by atoms with Crippen molar-refractivity contribution in [2.45, 2.75) is 52.5 Å². The third-order valence-corrected chi connectivity index (χ3v) is 4.26. The van der Waals surface area contributed by atoms with Crippen LogP contribution in [0.15, 0.2) is 22.7 Å². The minimum Gasteiger partial charge on any atom is -0.496 e. The number of hydrogen-bond acceptors (Lipinski definition) is 2. The fourth-order valence-corrected chi connectivity index (χ4v) is 3.01. The van der Waals surface area contributed by atoms with Crippen LogP contribution in [0.1, 0.15) is 45.6 Å². The Kier molecular flexibility index (Phi) is 8.24. The predicted molar refractivity (Wildman–Crippen MR) is 90.6 cm³/mol. The summed E-state index contributed by atoms with van der Waals surface area (Å²) in [6.45, 7) is 7.90. The average molecular weight is 342 g/mol. The van der Waals surface area contributed by atoms with Gasteiger partial charge in [-0.3, -0.25) is 0 Å². The Hall–Kier alpha value is -0.540. The second-order valence-electron chi connectivity index (χ2n) is 5.49. The summed E-state index contributed by atoms with van der Waals surface area (Å²) in [5.41, 5.74) is 1.28. The zero-order valence-electron chi connectivity index (χ0n) is 13.2. The highest BCUT2D eigenvalue weighted by molar-refractivity contribution is 9.10. The van der Waals surface area contributed by atoms with Crippen LogP contribution in [0.5, 0.6) is 5.75 Å². The molecule has 0 heterocycles. The molecule has 0 aliphatic rings. The van der Waals surface area contributed by atoms with Crippen molar-refractivity contribution < 1.29 is 4.74 Å². The van der Waals surface area contributed by atoms with E-state index in [0.29, 0.717) is 12.0 Å². The van der Waals surface area contributed by atoms with E-state index < -0.39 is 0 Å². The van der Waals surface area contributed by atoms with Crippen LogP contribution in [-0.2, 0) is 6.42 Å². The van der Waals surface area contributed by atoms with Crippen LogP contribution in [0.3, 0.4) is 0 Å². The van der Waals surface area contributed by atoms with Crippen LogP contribution in [0.2, 0.25) is 0 Å². The van der Waals surface area contributed by atoms with Crippen molar-refractivity contribution in [3.63, 3.8) is 0 Å². The van der Waals surface area contributed by atoms with Gasteiger partial charge in [0.25, 0.3) is 0 Å². The van der Waals surface area contributed by atoms with E-state index in [1.54, 1.807) is 7.11 Å². The summed E-state index contributed by atoms with van der Waals surface area (Å²) in [5.74, 6) is 1.66. The largest absolute Gasteiger partial charge is 0.496 e. The Morgan fingerprint density at radius 1 is 1.25 bits per heavy atom. The Labute approximate surface area is 132 Å². The number of methoxy groups -OCH3 is 1. The van der Waals surface area contributed by atoms with Gasteiger partial charge in [-0.15, -0.1) is 0 Å². The topological polar surface area (TPSA) is 21.3 Å². The summed E-state index contributed by atoms with van der Waals surface area (Å²) in [7, 11) is 1.75. The molecule has 0 aliphatic carbocycles. The Bertz CT molecular complexity index is 395. The highest BCUT2D eigenvalue weighted by atomic mass is 79.9. The highest BCUT2D eigenvalue weighted by Gasteiger charge is 2.18. The van der Waals surface area contributed by atoms with E-state index in [-0.39, 0.29) is 0 Å². The molecule has 2 nitrogen and oxygen atoms in total. The molecule has 0 saturated heterocycles. The Morgan fingerprint density at radius 2 is 2.00 bits per heavy atom. The van der Waals surface area contributed by atoms with Gasteiger partial charge in [0.15, 0.2) is 0 Å². The molecule has 0 amide bonds. The van der Waals surface area contributed by atoms with Gasteiger partial charge >= 0.3 is 0 Å². The molecule has 1 aromatic carbocycles. The maximum atomic E-state index is 5.50. The lowest BCUT2D eigenvalue weighted by atomic mass is 9.91. The number of ether oxygens (including phenoxy) is 1. The second-order valence-corrected chi connectivity index (χ2v) is 6.40. The Balaban J connectivity index is 2.84. The van der Waals surface area contributed by atoms with E-state index in [1.807, 2.05) is 12.1 Å². The molecule has 2 atom stereocenters. The molecule has 0 radical (unpaired) electrons. The third kappa shape index (κ3) is 5.45. The van der Waals surface area contributed by atoms with Crippen molar-refractivity contribution in [3.05, 3.63) is 28.2 Å². The van der Waals surface area contributed by atoms with Crippen molar-refractivity contribution in [2.75, 3.05) is 13.7 Å². The normalized spacial score (nSPS) is 14.1. The van der Waals surface area contributed by atoms with E-state index in [2.05, 4.69) is 48.1 Å². The molecular formula is C17H28BrNO. The molecule has 0 fully saturated rings. The van der Waals surface area contributed by atoms with Crippen LogP contribution in [-0.4, -0.2) is 19.7 Å². The van der Waals surface area contributed by atoms with Gasteiger partial charge in [0.1, 0.15) is 5.75 Å². The van der Waals surface area contributed by atoms with Gasteiger partial charge in [-0.1, -0.05) is 43.1 Å². The quantitative estimate of drug-likeness (QED) is 0.696. The average Bonchev–Trinajstić information content (AvgIpc) is 2.43. The van der Waals surface area contributed by atoms with Gasteiger partial charge in [0.2, 0.25) is 0 Å². The molecular weight excluding hydrogens is 314 g/mol. The number of benzene rings is 1. The fourth-order valence-electron chi connectivity index (χ4n) is 2.60. The minimum atomic E-state index is 0.512. The summed E-state index contributed by atoms with van der Waals surface area (Å²) in [6.07, 6.45) is 4.69. The molecule has 0 bridgehead atoms. The molecule has 20 heavy (non-hydrogen) atoms. The monoisotopic (exact) mass is 341 g/mol. The molecule has 0 saturated carbocycles. The second kappa shape index (κ2) is 9.41. The molecule has 1 aromatic rings. The van der Waals surface area contributed by atoms with Crippen LogP contribution in [0.4, 0.5) is 0 Å². The zero-order valence-corrected chi connectivity index (χ0v) is 14.8. The summed E-state index contributed by atoms with van der Waals surface area (Å²) in [4.78, 5) is 0. The lowest BCUT2D eigenvalue weighted by molar-refractivity contribution is 0.345. The Morgan fingerprint density at radius 3 is 2.60 bits per heavy atom. The summed E-state index contributed by atoms with van der Waals surface area (Å²) >= 11 is 3.56.